The monoisotopic (exact) mass is 424 g/mol. The van der Waals surface area contributed by atoms with Gasteiger partial charge in [-0.25, -0.2) is 13.6 Å². The molecule has 2 aliphatic heterocycles. The Morgan fingerprint density at radius 2 is 1.60 bits per heavy atom. The van der Waals surface area contributed by atoms with Gasteiger partial charge in [-0.1, -0.05) is 0 Å². The molecule has 8 heteroatoms. The number of ether oxygens (including phenoxy) is 1. The van der Waals surface area contributed by atoms with Gasteiger partial charge in [-0.2, -0.15) is 0 Å². The maximum atomic E-state index is 14.2. The lowest BCUT2D eigenvalue weighted by molar-refractivity contribution is 0.0133. The molecule has 0 radical (unpaired) electrons. The lowest BCUT2D eigenvalue weighted by Crippen LogP contribution is -2.53. The van der Waals surface area contributed by atoms with Gasteiger partial charge in [0.15, 0.2) is 11.6 Å². The molecule has 0 aliphatic carbocycles. The highest BCUT2D eigenvalue weighted by atomic mass is 19.1. The number of nitrogens with two attached hydrogens (primary N) is 1. The number of benzene rings is 1. The summed E-state index contributed by atoms with van der Waals surface area (Å²) in [5.74, 6) is -0.729. The minimum absolute atomic E-state index is 0.0159. The number of piperazine rings is 1. The number of rotatable bonds is 3. The quantitative estimate of drug-likeness (QED) is 0.750. The number of nitrogens with zero attached hydrogens (tertiary/aromatic N) is 3. The zero-order valence-electron chi connectivity index (χ0n) is 18.5. The second-order valence-corrected chi connectivity index (χ2v) is 9.40. The first-order valence-corrected chi connectivity index (χ1v) is 10.8. The number of amides is 1. The van der Waals surface area contributed by atoms with Crippen molar-refractivity contribution >= 4 is 17.5 Å². The Hall–Kier alpha value is -2.09. The molecule has 0 saturated carbocycles. The van der Waals surface area contributed by atoms with Gasteiger partial charge in [-0.05, 0) is 58.6 Å². The van der Waals surface area contributed by atoms with E-state index in [0.29, 0.717) is 38.1 Å². The van der Waals surface area contributed by atoms with E-state index in [4.69, 9.17) is 10.5 Å². The fraction of sp³-hybridized carbons (Fsp3) is 0.682. The van der Waals surface area contributed by atoms with Crippen LogP contribution in [0, 0.1) is 17.6 Å². The molecule has 1 aromatic rings. The van der Waals surface area contributed by atoms with Crippen LogP contribution in [0.3, 0.4) is 0 Å². The fourth-order valence-corrected chi connectivity index (χ4v) is 4.43. The smallest absolute Gasteiger partial charge is 0.410 e. The van der Waals surface area contributed by atoms with Gasteiger partial charge in [0.2, 0.25) is 0 Å². The second-order valence-electron chi connectivity index (χ2n) is 9.40. The second kappa shape index (κ2) is 8.96. The molecule has 2 saturated heterocycles. The van der Waals surface area contributed by atoms with Gasteiger partial charge >= 0.3 is 6.09 Å². The molecule has 0 spiro atoms. The Bertz CT molecular complexity index is 729. The van der Waals surface area contributed by atoms with Gasteiger partial charge in [0, 0.05) is 51.0 Å². The molecule has 1 amide bonds. The van der Waals surface area contributed by atoms with Gasteiger partial charge in [-0.3, -0.25) is 4.90 Å². The zero-order valence-corrected chi connectivity index (χ0v) is 18.5. The number of carbonyl (C=O) groups is 1. The van der Waals surface area contributed by atoms with Crippen molar-refractivity contribution in [3.63, 3.8) is 0 Å². The van der Waals surface area contributed by atoms with Crippen molar-refractivity contribution < 1.29 is 18.3 Å². The summed E-state index contributed by atoms with van der Waals surface area (Å²) in [4.78, 5) is 18.2. The molecule has 2 N–H and O–H groups in total. The number of nitrogen functional groups attached to an aromatic ring is 1. The van der Waals surface area contributed by atoms with Crippen molar-refractivity contribution in [2.24, 2.45) is 5.92 Å². The molecule has 168 valence electrons. The SMILES string of the molecule is CC(C1CCN(C(=O)OC(C)(C)C)CC1)N1CCN(c2c(F)cc(N)cc2F)CC1. The minimum Gasteiger partial charge on any atom is -0.444 e. The lowest BCUT2D eigenvalue weighted by Gasteiger charge is -2.43. The van der Waals surface area contributed by atoms with Crippen molar-refractivity contribution in [3.8, 4) is 0 Å². The molecular weight excluding hydrogens is 390 g/mol. The van der Waals surface area contributed by atoms with Crippen molar-refractivity contribution in [2.75, 3.05) is 49.9 Å². The van der Waals surface area contributed by atoms with Crippen LogP contribution in [0.1, 0.15) is 40.5 Å². The zero-order chi connectivity index (χ0) is 22.1. The van der Waals surface area contributed by atoms with E-state index in [1.54, 1.807) is 9.80 Å². The summed E-state index contributed by atoms with van der Waals surface area (Å²) in [7, 11) is 0. The third-order valence-corrected chi connectivity index (χ3v) is 6.12. The summed E-state index contributed by atoms with van der Waals surface area (Å²) in [5.41, 5.74) is 5.15. The first-order chi connectivity index (χ1) is 14.0. The largest absolute Gasteiger partial charge is 0.444 e. The van der Waals surface area contributed by atoms with E-state index in [1.807, 2.05) is 20.8 Å². The van der Waals surface area contributed by atoms with Crippen molar-refractivity contribution in [1.82, 2.24) is 9.80 Å². The average Bonchev–Trinajstić information content (AvgIpc) is 2.66. The highest BCUT2D eigenvalue weighted by Crippen LogP contribution is 2.29. The minimum atomic E-state index is -0.608. The first-order valence-electron chi connectivity index (χ1n) is 10.8. The Kier molecular flexibility index (Phi) is 6.75. The van der Waals surface area contributed by atoms with Gasteiger partial charge < -0.3 is 20.3 Å². The number of carbonyl (C=O) groups excluding carboxylic acids is 1. The van der Waals surface area contributed by atoms with Gasteiger partial charge in [0.1, 0.15) is 11.3 Å². The molecule has 2 heterocycles. The van der Waals surface area contributed by atoms with Crippen LogP contribution < -0.4 is 10.6 Å². The maximum absolute atomic E-state index is 14.2. The number of hydrogen-bond donors (Lipinski definition) is 1. The molecular formula is C22H34F2N4O2. The van der Waals surface area contributed by atoms with Crippen LogP contribution in [0.5, 0.6) is 0 Å². The van der Waals surface area contributed by atoms with Crippen LogP contribution in [0.4, 0.5) is 25.0 Å². The molecule has 30 heavy (non-hydrogen) atoms. The van der Waals surface area contributed by atoms with E-state index in [1.165, 1.54) is 12.1 Å². The van der Waals surface area contributed by atoms with Gasteiger partial charge in [0.05, 0.1) is 0 Å². The summed E-state index contributed by atoms with van der Waals surface area (Å²) < 4.78 is 33.9. The summed E-state index contributed by atoms with van der Waals surface area (Å²) in [6, 6.07) is 2.70. The molecule has 0 bridgehead atoms. The topological polar surface area (TPSA) is 62.0 Å². The Morgan fingerprint density at radius 1 is 1.07 bits per heavy atom. The van der Waals surface area contributed by atoms with Gasteiger partial charge in [-0.15, -0.1) is 0 Å². The van der Waals surface area contributed by atoms with E-state index >= 15 is 0 Å². The predicted octanol–water partition coefficient (Wildman–Crippen LogP) is 3.70. The number of hydrogen-bond acceptors (Lipinski definition) is 5. The van der Waals surface area contributed by atoms with Crippen molar-refractivity contribution in [3.05, 3.63) is 23.8 Å². The van der Waals surface area contributed by atoms with Crippen LogP contribution in [0.15, 0.2) is 12.1 Å². The van der Waals surface area contributed by atoms with Crippen LogP contribution in [-0.2, 0) is 4.74 Å². The lowest BCUT2D eigenvalue weighted by atomic mass is 9.89. The molecule has 0 aromatic heterocycles. The molecule has 2 fully saturated rings. The van der Waals surface area contributed by atoms with Crippen molar-refractivity contribution in [1.29, 1.82) is 0 Å². The summed E-state index contributed by atoms with van der Waals surface area (Å²) in [5, 5.41) is 0. The van der Waals surface area contributed by atoms with Crippen LogP contribution in [-0.4, -0.2) is 66.8 Å². The van der Waals surface area contributed by atoms with E-state index in [2.05, 4.69) is 11.8 Å². The third kappa shape index (κ3) is 5.33. The van der Waals surface area contributed by atoms with Crippen LogP contribution >= 0.6 is 0 Å². The highest BCUT2D eigenvalue weighted by molar-refractivity contribution is 5.68. The Labute approximate surface area is 177 Å². The summed E-state index contributed by atoms with van der Waals surface area (Å²) in [6.07, 6.45) is 1.62. The summed E-state index contributed by atoms with van der Waals surface area (Å²) >= 11 is 0. The number of anilines is 2. The molecule has 6 nitrogen and oxygen atoms in total. The number of halogens is 2. The molecule has 2 aliphatic rings. The van der Waals surface area contributed by atoms with Crippen LogP contribution in [0.25, 0.3) is 0 Å². The van der Waals surface area contributed by atoms with Crippen molar-refractivity contribution in [2.45, 2.75) is 52.2 Å². The third-order valence-electron chi connectivity index (χ3n) is 6.12. The highest BCUT2D eigenvalue weighted by Gasteiger charge is 2.33. The van der Waals surface area contributed by atoms with Gasteiger partial charge in [0.25, 0.3) is 0 Å². The standard InChI is InChI=1S/C22H34F2N4O2/c1-15(16-5-7-28(8-6-16)21(29)30-22(2,3)4)26-9-11-27(12-10-26)20-18(23)13-17(25)14-19(20)24/h13-16H,5-12,25H2,1-4H3. The van der Waals surface area contributed by atoms with E-state index in [0.717, 1.165) is 25.9 Å². The Morgan fingerprint density at radius 3 is 2.10 bits per heavy atom. The molecule has 1 unspecified atom stereocenters. The normalized spacial score (nSPS) is 20.3. The Balaban J connectivity index is 1.51. The van der Waals surface area contributed by atoms with E-state index < -0.39 is 17.2 Å². The molecule has 1 aromatic carbocycles. The number of likely N-dealkylation sites (tertiary alicyclic amines) is 1. The first kappa shape index (κ1) is 22.6. The molecule has 3 rings (SSSR count). The van der Waals surface area contributed by atoms with E-state index in [-0.39, 0.29) is 17.5 Å². The predicted molar refractivity (Wildman–Crippen MR) is 115 cm³/mol. The summed E-state index contributed by atoms with van der Waals surface area (Å²) in [6.45, 7) is 11.9. The van der Waals surface area contributed by atoms with E-state index in [9.17, 15) is 13.6 Å². The fourth-order valence-electron chi connectivity index (χ4n) is 4.43. The average molecular weight is 425 g/mol. The number of piperidine rings is 1. The van der Waals surface area contributed by atoms with Crippen LogP contribution in [0.2, 0.25) is 0 Å². The molecule has 1 atom stereocenters. The maximum Gasteiger partial charge on any atom is 0.410 e.